The summed E-state index contributed by atoms with van der Waals surface area (Å²) in [6, 6.07) is 3.63. The molecular formula is C13H17NO3S. The van der Waals surface area contributed by atoms with Crippen molar-refractivity contribution in [3.63, 3.8) is 0 Å². The van der Waals surface area contributed by atoms with Gasteiger partial charge in [-0.15, -0.1) is 11.3 Å². The average molecular weight is 267 g/mol. The number of hydrogen-bond acceptors (Lipinski definition) is 3. The van der Waals surface area contributed by atoms with Crippen molar-refractivity contribution in [2.45, 2.75) is 38.1 Å². The molecule has 98 valence electrons. The van der Waals surface area contributed by atoms with Crippen molar-refractivity contribution in [1.82, 2.24) is 5.32 Å². The molecule has 1 heterocycles. The molecule has 0 saturated heterocycles. The van der Waals surface area contributed by atoms with E-state index in [4.69, 9.17) is 5.11 Å². The first-order valence-electron chi connectivity index (χ1n) is 6.16. The minimum Gasteiger partial charge on any atom is -0.481 e. The quantitative estimate of drug-likeness (QED) is 0.879. The van der Waals surface area contributed by atoms with E-state index in [2.05, 4.69) is 5.32 Å². The van der Waals surface area contributed by atoms with Crippen LogP contribution in [0.1, 0.15) is 37.0 Å². The van der Waals surface area contributed by atoms with E-state index in [-0.39, 0.29) is 17.9 Å². The number of rotatable bonds is 4. The second-order valence-corrected chi connectivity index (χ2v) is 5.71. The minimum atomic E-state index is -0.804. The molecule has 0 radical (unpaired) electrons. The van der Waals surface area contributed by atoms with Crippen LogP contribution in [-0.4, -0.2) is 23.0 Å². The van der Waals surface area contributed by atoms with E-state index >= 15 is 0 Å². The molecule has 1 amide bonds. The molecule has 4 nitrogen and oxygen atoms in total. The fourth-order valence-corrected chi connectivity index (χ4v) is 3.19. The lowest BCUT2D eigenvalue weighted by atomic mass is 10.0. The smallest absolute Gasteiger partial charge is 0.308 e. The molecule has 1 aromatic heterocycles. The minimum absolute atomic E-state index is 0.0735. The van der Waals surface area contributed by atoms with Crippen molar-refractivity contribution in [2.24, 2.45) is 5.92 Å². The molecule has 0 unspecified atom stereocenters. The molecule has 1 aliphatic carbocycles. The Kier molecular flexibility index (Phi) is 4.01. The molecule has 1 aliphatic rings. The predicted octanol–water partition coefficient (Wildman–Crippen LogP) is 2.22. The van der Waals surface area contributed by atoms with Crippen LogP contribution in [0.15, 0.2) is 17.5 Å². The summed E-state index contributed by atoms with van der Waals surface area (Å²) in [5.41, 5.74) is 0. The van der Waals surface area contributed by atoms with Gasteiger partial charge in [-0.2, -0.15) is 0 Å². The molecule has 18 heavy (non-hydrogen) atoms. The van der Waals surface area contributed by atoms with E-state index in [1.54, 1.807) is 11.3 Å². The maximum absolute atomic E-state index is 12.1. The number of carboxylic acid groups (broad SMARTS) is 1. The van der Waals surface area contributed by atoms with Gasteiger partial charge in [-0.3, -0.25) is 9.59 Å². The second kappa shape index (κ2) is 5.52. The number of carboxylic acids is 1. The highest BCUT2D eigenvalue weighted by molar-refractivity contribution is 7.10. The second-order valence-electron chi connectivity index (χ2n) is 4.73. The normalized spacial score (nSPS) is 24.7. The van der Waals surface area contributed by atoms with Gasteiger partial charge in [-0.1, -0.05) is 12.5 Å². The van der Waals surface area contributed by atoms with Gasteiger partial charge in [0.1, 0.15) is 0 Å². The number of thiophene rings is 1. The number of hydrogen-bond donors (Lipinski definition) is 2. The van der Waals surface area contributed by atoms with Crippen molar-refractivity contribution in [3.8, 4) is 0 Å². The van der Waals surface area contributed by atoms with Gasteiger partial charge in [0.05, 0.1) is 11.8 Å². The van der Waals surface area contributed by atoms with Crippen LogP contribution in [0.2, 0.25) is 0 Å². The molecule has 5 heteroatoms. The number of aliphatic carboxylic acids is 1. The predicted molar refractivity (Wildman–Crippen MR) is 69.6 cm³/mol. The van der Waals surface area contributed by atoms with Crippen molar-refractivity contribution >= 4 is 23.2 Å². The molecule has 0 spiro atoms. The Balaban J connectivity index is 1.97. The van der Waals surface area contributed by atoms with E-state index < -0.39 is 11.9 Å². The molecule has 1 saturated carbocycles. The third kappa shape index (κ3) is 2.72. The Morgan fingerprint density at radius 1 is 1.50 bits per heavy atom. The topological polar surface area (TPSA) is 66.4 Å². The monoisotopic (exact) mass is 267 g/mol. The Morgan fingerprint density at radius 3 is 2.89 bits per heavy atom. The van der Waals surface area contributed by atoms with Gasteiger partial charge in [0.15, 0.2) is 0 Å². The zero-order valence-electron chi connectivity index (χ0n) is 10.3. The fourth-order valence-electron chi connectivity index (χ4n) is 2.40. The van der Waals surface area contributed by atoms with Crippen molar-refractivity contribution in [3.05, 3.63) is 22.4 Å². The Bertz CT molecular complexity index is 429. The van der Waals surface area contributed by atoms with E-state index in [1.165, 1.54) is 0 Å². The summed E-state index contributed by atoms with van der Waals surface area (Å²) in [4.78, 5) is 24.1. The summed E-state index contributed by atoms with van der Waals surface area (Å²) in [5.74, 6) is -1.51. The maximum atomic E-state index is 12.1. The number of carbonyl (C=O) groups is 2. The Hall–Kier alpha value is -1.36. The van der Waals surface area contributed by atoms with Crippen LogP contribution in [0, 0.1) is 5.92 Å². The van der Waals surface area contributed by atoms with E-state index in [9.17, 15) is 9.59 Å². The lowest BCUT2D eigenvalue weighted by molar-refractivity contribution is -0.142. The molecule has 0 bridgehead atoms. The largest absolute Gasteiger partial charge is 0.481 e. The summed E-state index contributed by atoms with van der Waals surface area (Å²) >= 11 is 1.55. The third-order valence-corrected chi connectivity index (χ3v) is 4.58. The fraction of sp³-hybridized carbons (Fsp3) is 0.538. The SMILES string of the molecule is C[C@H](C(=O)N[C@@H]1CCC[C@H]1C(=O)O)c1cccs1. The first-order chi connectivity index (χ1) is 8.59. The molecule has 0 aliphatic heterocycles. The number of carbonyl (C=O) groups excluding carboxylic acids is 1. The molecule has 2 rings (SSSR count). The molecular weight excluding hydrogens is 250 g/mol. The third-order valence-electron chi connectivity index (χ3n) is 3.52. The summed E-state index contributed by atoms with van der Waals surface area (Å²) in [6.45, 7) is 1.85. The Morgan fingerprint density at radius 2 is 2.28 bits per heavy atom. The van der Waals surface area contributed by atoms with Crippen LogP contribution < -0.4 is 5.32 Å². The maximum Gasteiger partial charge on any atom is 0.308 e. The van der Waals surface area contributed by atoms with E-state index in [0.717, 1.165) is 17.7 Å². The van der Waals surface area contributed by atoms with Gasteiger partial charge in [0.2, 0.25) is 5.91 Å². The van der Waals surface area contributed by atoms with Crippen molar-refractivity contribution < 1.29 is 14.7 Å². The molecule has 0 aromatic carbocycles. The van der Waals surface area contributed by atoms with Crippen molar-refractivity contribution in [1.29, 1.82) is 0 Å². The highest BCUT2D eigenvalue weighted by atomic mass is 32.1. The van der Waals surface area contributed by atoms with Gasteiger partial charge in [-0.05, 0) is 31.2 Å². The summed E-state index contributed by atoms with van der Waals surface area (Å²) in [5, 5.41) is 13.9. The first kappa shape index (κ1) is 13.1. The molecule has 3 atom stereocenters. The van der Waals surface area contributed by atoms with Crippen LogP contribution in [0.4, 0.5) is 0 Å². The van der Waals surface area contributed by atoms with Gasteiger partial charge in [0, 0.05) is 10.9 Å². The van der Waals surface area contributed by atoms with Gasteiger partial charge < -0.3 is 10.4 Å². The van der Waals surface area contributed by atoms with Crippen LogP contribution in [0.3, 0.4) is 0 Å². The summed E-state index contributed by atoms with van der Waals surface area (Å²) in [6.07, 6.45) is 2.29. The van der Waals surface area contributed by atoms with Crippen LogP contribution in [-0.2, 0) is 9.59 Å². The van der Waals surface area contributed by atoms with Gasteiger partial charge >= 0.3 is 5.97 Å². The Labute approximate surface area is 110 Å². The zero-order chi connectivity index (χ0) is 13.1. The zero-order valence-corrected chi connectivity index (χ0v) is 11.1. The van der Waals surface area contributed by atoms with E-state index in [1.807, 2.05) is 24.4 Å². The summed E-state index contributed by atoms with van der Waals surface area (Å²) < 4.78 is 0. The van der Waals surface area contributed by atoms with Crippen LogP contribution in [0.5, 0.6) is 0 Å². The molecule has 1 fully saturated rings. The average Bonchev–Trinajstić information content (AvgIpc) is 2.98. The highest BCUT2D eigenvalue weighted by Crippen LogP contribution is 2.27. The number of amides is 1. The first-order valence-corrected chi connectivity index (χ1v) is 7.04. The standard InChI is InChI=1S/C13H17NO3S/c1-8(11-6-3-7-18-11)12(15)14-10-5-2-4-9(10)13(16)17/h3,6-10H,2,4-5H2,1H3,(H,14,15)(H,16,17)/t8-,9+,10+/m0/s1. The van der Waals surface area contributed by atoms with Crippen molar-refractivity contribution in [2.75, 3.05) is 0 Å². The van der Waals surface area contributed by atoms with E-state index in [0.29, 0.717) is 6.42 Å². The van der Waals surface area contributed by atoms with Crippen LogP contribution in [0.25, 0.3) is 0 Å². The highest BCUT2D eigenvalue weighted by Gasteiger charge is 2.34. The van der Waals surface area contributed by atoms with Crippen LogP contribution >= 0.6 is 11.3 Å². The lowest BCUT2D eigenvalue weighted by Crippen LogP contribution is -2.41. The molecule has 2 N–H and O–H groups in total. The lowest BCUT2D eigenvalue weighted by Gasteiger charge is -2.19. The number of nitrogens with one attached hydrogen (secondary N) is 1. The van der Waals surface area contributed by atoms with Gasteiger partial charge in [-0.25, -0.2) is 0 Å². The summed E-state index contributed by atoms with van der Waals surface area (Å²) in [7, 11) is 0. The van der Waals surface area contributed by atoms with Gasteiger partial charge in [0.25, 0.3) is 0 Å². The molecule has 1 aromatic rings.